The average molecular weight is 342 g/mol. The topological polar surface area (TPSA) is 49.7 Å². The molecule has 0 aliphatic heterocycles. The van der Waals surface area contributed by atoms with E-state index in [4.69, 9.17) is 4.74 Å². The molecule has 0 radical (unpaired) electrons. The van der Waals surface area contributed by atoms with Crippen LogP contribution in [0.15, 0.2) is 47.1 Å². The molecule has 1 aromatic carbocycles. The van der Waals surface area contributed by atoms with E-state index in [9.17, 15) is 10.2 Å². The first kappa shape index (κ1) is 19.3. The van der Waals surface area contributed by atoms with Crippen molar-refractivity contribution in [2.45, 2.75) is 59.0 Å². The van der Waals surface area contributed by atoms with Gasteiger partial charge in [-0.3, -0.25) is 0 Å². The first-order valence-electron chi connectivity index (χ1n) is 8.96. The SMILES string of the molecule is CO[C@@H]1/C=C(\C)CC/C=C(/C)CC/C=C(\C)Cc2cc(O)c1cc2O. The highest BCUT2D eigenvalue weighted by Crippen LogP contribution is 2.35. The minimum Gasteiger partial charge on any atom is -0.508 e. The van der Waals surface area contributed by atoms with E-state index in [0.29, 0.717) is 12.0 Å². The molecule has 0 unspecified atom stereocenters. The third-order valence-electron chi connectivity index (χ3n) is 4.76. The zero-order valence-corrected chi connectivity index (χ0v) is 15.8. The third-order valence-corrected chi connectivity index (χ3v) is 4.76. The summed E-state index contributed by atoms with van der Waals surface area (Å²) in [6.07, 6.45) is 10.8. The summed E-state index contributed by atoms with van der Waals surface area (Å²) in [7, 11) is 1.62. The van der Waals surface area contributed by atoms with Gasteiger partial charge in [0.2, 0.25) is 0 Å². The molecule has 0 fully saturated rings. The number of hydrogen-bond acceptors (Lipinski definition) is 3. The Bertz CT molecular complexity index is 695. The highest BCUT2D eigenvalue weighted by molar-refractivity contribution is 5.48. The number of rotatable bonds is 1. The normalized spacial score (nSPS) is 26.2. The van der Waals surface area contributed by atoms with E-state index in [2.05, 4.69) is 32.9 Å². The van der Waals surface area contributed by atoms with Gasteiger partial charge in [0.05, 0.1) is 0 Å². The van der Waals surface area contributed by atoms with E-state index < -0.39 is 0 Å². The molecule has 0 heterocycles. The number of phenolic OH excluding ortho intramolecular Hbond substituents is 2. The summed E-state index contributed by atoms with van der Waals surface area (Å²) in [4.78, 5) is 0. The van der Waals surface area contributed by atoms with Crippen LogP contribution in [0.25, 0.3) is 0 Å². The van der Waals surface area contributed by atoms with Crippen molar-refractivity contribution in [3.8, 4) is 11.5 Å². The van der Waals surface area contributed by atoms with Gasteiger partial charge in [-0.05, 0) is 65.0 Å². The number of allylic oxidation sites excluding steroid dienone is 5. The van der Waals surface area contributed by atoms with E-state index in [1.807, 2.05) is 6.08 Å². The van der Waals surface area contributed by atoms with Gasteiger partial charge in [-0.25, -0.2) is 0 Å². The Labute approximate surface area is 151 Å². The minimum absolute atomic E-state index is 0.166. The Kier molecular flexibility index (Phi) is 6.89. The Morgan fingerprint density at radius 2 is 1.52 bits per heavy atom. The van der Waals surface area contributed by atoms with Gasteiger partial charge in [-0.15, -0.1) is 0 Å². The van der Waals surface area contributed by atoms with Crippen molar-refractivity contribution in [1.29, 1.82) is 0 Å². The van der Waals surface area contributed by atoms with Gasteiger partial charge >= 0.3 is 0 Å². The first-order chi connectivity index (χ1) is 11.9. The number of benzene rings is 1. The number of methoxy groups -OCH3 is 1. The standard InChI is InChI=1S/C22H30O3/c1-15-7-5-9-16(2)11-18-13-21(24)19(14-20(18)23)22(25-4)12-17(3)10-6-8-15/h8-9,12-14,22-24H,5-7,10-11H2,1-4H3/b15-8-,16-9+,17-12+/t22-/m1/s1. The van der Waals surface area contributed by atoms with E-state index >= 15 is 0 Å². The van der Waals surface area contributed by atoms with Crippen molar-refractivity contribution in [3.05, 3.63) is 58.2 Å². The number of hydrogen-bond donors (Lipinski definition) is 2. The van der Waals surface area contributed by atoms with Crippen molar-refractivity contribution in [2.24, 2.45) is 0 Å². The van der Waals surface area contributed by atoms with E-state index in [1.165, 1.54) is 16.7 Å². The molecular weight excluding hydrogens is 312 g/mol. The molecule has 3 rings (SSSR count). The van der Waals surface area contributed by atoms with Gasteiger partial charge in [0.15, 0.2) is 0 Å². The van der Waals surface area contributed by atoms with Crippen LogP contribution in [0.2, 0.25) is 0 Å². The van der Waals surface area contributed by atoms with Crippen molar-refractivity contribution in [1.82, 2.24) is 0 Å². The predicted molar refractivity (Wildman–Crippen MR) is 103 cm³/mol. The quantitative estimate of drug-likeness (QED) is 0.505. The van der Waals surface area contributed by atoms with Crippen LogP contribution in [-0.2, 0) is 11.2 Å². The molecule has 2 N–H and O–H groups in total. The molecule has 0 spiro atoms. The lowest BCUT2D eigenvalue weighted by Gasteiger charge is -2.17. The summed E-state index contributed by atoms with van der Waals surface area (Å²) in [6.45, 7) is 6.33. The molecule has 1 atom stereocenters. The Morgan fingerprint density at radius 1 is 0.880 bits per heavy atom. The first-order valence-corrected chi connectivity index (χ1v) is 8.96. The van der Waals surface area contributed by atoms with Crippen molar-refractivity contribution in [2.75, 3.05) is 7.11 Å². The number of phenols is 2. The summed E-state index contributed by atoms with van der Waals surface area (Å²) < 4.78 is 5.55. The van der Waals surface area contributed by atoms with Crippen LogP contribution in [0, 0.1) is 0 Å². The third kappa shape index (κ3) is 5.50. The zero-order chi connectivity index (χ0) is 18.4. The smallest absolute Gasteiger partial charge is 0.122 e. The van der Waals surface area contributed by atoms with Crippen molar-refractivity contribution < 1.29 is 14.9 Å². The highest BCUT2D eigenvalue weighted by atomic mass is 16.5. The van der Waals surface area contributed by atoms with Crippen LogP contribution in [0.4, 0.5) is 0 Å². The largest absolute Gasteiger partial charge is 0.508 e. The van der Waals surface area contributed by atoms with Crippen LogP contribution in [0.3, 0.4) is 0 Å². The second-order valence-corrected chi connectivity index (χ2v) is 7.06. The summed E-state index contributed by atoms with van der Waals surface area (Å²) in [5, 5.41) is 20.8. The molecule has 3 nitrogen and oxygen atoms in total. The molecule has 2 bridgehead atoms. The maximum absolute atomic E-state index is 10.4. The average Bonchev–Trinajstić information content (AvgIpc) is 2.55. The van der Waals surface area contributed by atoms with E-state index in [-0.39, 0.29) is 17.6 Å². The molecule has 0 aromatic heterocycles. The van der Waals surface area contributed by atoms with E-state index in [1.54, 1.807) is 19.2 Å². The van der Waals surface area contributed by atoms with Gasteiger partial charge in [0.25, 0.3) is 0 Å². The number of ether oxygens (including phenoxy) is 1. The molecule has 0 saturated heterocycles. The van der Waals surface area contributed by atoms with Crippen LogP contribution >= 0.6 is 0 Å². The molecule has 2 aliphatic carbocycles. The van der Waals surface area contributed by atoms with E-state index in [0.717, 1.165) is 31.2 Å². The van der Waals surface area contributed by atoms with Gasteiger partial charge in [-0.1, -0.05) is 34.9 Å². The fourth-order valence-corrected chi connectivity index (χ4v) is 3.20. The summed E-state index contributed by atoms with van der Waals surface area (Å²) in [5.41, 5.74) is 5.16. The molecular formula is C22H30O3. The maximum Gasteiger partial charge on any atom is 0.122 e. The Balaban J connectivity index is 2.44. The maximum atomic E-state index is 10.4. The van der Waals surface area contributed by atoms with Crippen LogP contribution < -0.4 is 0 Å². The molecule has 0 saturated carbocycles. The van der Waals surface area contributed by atoms with Gasteiger partial charge < -0.3 is 14.9 Å². The molecule has 1 aromatic rings. The van der Waals surface area contributed by atoms with Crippen molar-refractivity contribution >= 4 is 0 Å². The lowest BCUT2D eigenvalue weighted by molar-refractivity contribution is 0.139. The summed E-state index contributed by atoms with van der Waals surface area (Å²) in [5.74, 6) is 0.371. The molecule has 2 aliphatic rings. The Hall–Kier alpha value is -2.00. The van der Waals surface area contributed by atoms with Crippen molar-refractivity contribution in [3.63, 3.8) is 0 Å². The molecule has 25 heavy (non-hydrogen) atoms. The van der Waals surface area contributed by atoms with Gasteiger partial charge in [0, 0.05) is 18.2 Å². The van der Waals surface area contributed by atoms with Crippen LogP contribution in [0.1, 0.15) is 63.7 Å². The van der Waals surface area contributed by atoms with Gasteiger partial charge in [-0.2, -0.15) is 0 Å². The highest BCUT2D eigenvalue weighted by Gasteiger charge is 2.16. The monoisotopic (exact) mass is 342 g/mol. The molecule has 136 valence electrons. The van der Waals surface area contributed by atoms with Crippen LogP contribution in [0.5, 0.6) is 11.5 Å². The number of aromatic hydroxyl groups is 2. The second kappa shape index (κ2) is 8.91. The lowest BCUT2D eigenvalue weighted by Crippen LogP contribution is -2.01. The van der Waals surface area contributed by atoms with Gasteiger partial charge in [0.1, 0.15) is 17.6 Å². The lowest BCUT2D eigenvalue weighted by atomic mass is 9.97. The molecule has 3 heteroatoms. The van der Waals surface area contributed by atoms with Crippen LogP contribution in [-0.4, -0.2) is 17.3 Å². The molecule has 0 amide bonds. The predicted octanol–water partition coefficient (Wildman–Crippen LogP) is 5.74. The Morgan fingerprint density at radius 3 is 2.20 bits per heavy atom. The zero-order valence-electron chi connectivity index (χ0n) is 15.8. The fraction of sp³-hybridized carbons (Fsp3) is 0.455. The number of fused-ring (bicyclic) bond motifs is 10. The summed E-state index contributed by atoms with van der Waals surface area (Å²) >= 11 is 0. The fourth-order valence-electron chi connectivity index (χ4n) is 3.20. The summed E-state index contributed by atoms with van der Waals surface area (Å²) in [6, 6.07) is 3.29. The minimum atomic E-state index is -0.366. The second-order valence-electron chi connectivity index (χ2n) is 7.06.